The van der Waals surface area contributed by atoms with E-state index in [1.54, 1.807) is 18.2 Å². The Bertz CT molecular complexity index is 1260. The molecule has 3 aromatic rings. The van der Waals surface area contributed by atoms with Gasteiger partial charge in [-0.2, -0.15) is 13.7 Å². The van der Waals surface area contributed by atoms with Crippen molar-refractivity contribution in [2.45, 2.75) is 23.9 Å². The maximum absolute atomic E-state index is 11.8. The van der Waals surface area contributed by atoms with Crippen LogP contribution >= 0.6 is 11.3 Å². The average Bonchev–Trinajstić information content (AvgIpc) is 3.39. The topological polar surface area (TPSA) is 120 Å². The fourth-order valence-electron chi connectivity index (χ4n) is 3.36. The molecule has 2 heterocycles. The zero-order valence-corrected chi connectivity index (χ0v) is 19.2. The van der Waals surface area contributed by atoms with E-state index in [9.17, 15) is 13.2 Å². The summed E-state index contributed by atoms with van der Waals surface area (Å²) in [5.74, 6) is 0.800. The number of likely N-dealkylation sites (N-methyl/N-ethyl adjacent to an activating group) is 1. The fraction of sp³-hybridized carbons (Fsp3) is 0.273. The first-order valence-corrected chi connectivity index (χ1v) is 12.1. The Labute approximate surface area is 190 Å². The molecule has 1 fully saturated rings. The minimum Gasteiger partial charge on any atom is -0.497 e. The molecule has 1 saturated heterocycles. The summed E-state index contributed by atoms with van der Waals surface area (Å²) in [6.45, 7) is 1.42. The summed E-state index contributed by atoms with van der Waals surface area (Å²) in [6.07, 6.45) is 0.867. The van der Waals surface area contributed by atoms with Crippen molar-refractivity contribution in [1.29, 1.82) is 5.26 Å². The van der Waals surface area contributed by atoms with Gasteiger partial charge >= 0.3 is 0 Å². The Hall–Kier alpha value is -2.97. The third-order valence-electron chi connectivity index (χ3n) is 5.09. The predicted octanol–water partition coefficient (Wildman–Crippen LogP) is 3.04. The third-order valence-corrected chi connectivity index (χ3v) is 6.86. The molecule has 1 amide bonds. The molecular weight excluding hydrogens is 450 g/mol. The van der Waals surface area contributed by atoms with E-state index in [1.165, 1.54) is 30.6 Å². The number of hydrogen-bond donors (Lipinski definition) is 2. The molecule has 0 unspecified atom stereocenters. The number of thiophene rings is 1. The second-order valence-electron chi connectivity index (χ2n) is 7.15. The van der Waals surface area contributed by atoms with Crippen LogP contribution in [0.2, 0.25) is 0 Å². The van der Waals surface area contributed by atoms with Crippen molar-refractivity contribution < 1.29 is 22.5 Å². The predicted molar refractivity (Wildman–Crippen MR) is 122 cm³/mol. The van der Waals surface area contributed by atoms with Crippen molar-refractivity contribution >= 4 is 38.1 Å². The summed E-state index contributed by atoms with van der Waals surface area (Å²) in [4.78, 5) is 14.6. The lowest BCUT2D eigenvalue weighted by Gasteiger charge is -2.15. The van der Waals surface area contributed by atoms with Gasteiger partial charge in [0.25, 0.3) is 10.1 Å². The highest BCUT2D eigenvalue weighted by atomic mass is 32.2. The van der Waals surface area contributed by atoms with Crippen molar-refractivity contribution in [2.75, 3.05) is 20.7 Å². The van der Waals surface area contributed by atoms with Crippen LogP contribution in [0.15, 0.2) is 52.7 Å². The monoisotopic (exact) mass is 473 g/mol. The normalized spacial score (nSPS) is 15.9. The number of rotatable bonds is 5. The van der Waals surface area contributed by atoms with E-state index in [2.05, 4.69) is 11.4 Å². The summed E-state index contributed by atoms with van der Waals surface area (Å²) >= 11 is 1.54. The van der Waals surface area contributed by atoms with Crippen molar-refractivity contribution in [1.82, 2.24) is 10.2 Å². The number of likely N-dealkylation sites (tertiary alicyclic amines) is 1. The van der Waals surface area contributed by atoms with Crippen LogP contribution in [-0.4, -0.2) is 50.5 Å². The van der Waals surface area contributed by atoms with E-state index in [0.29, 0.717) is 23.2 Å². The Kier molecular flexibility index (Phi) is 7.48. The van der Waals surface area contributed by atoms with E-state index < -0.39 is 10.1 Å². The molecule has 2 aromatic carbocycles. The van der Waals surface area contributed by atoms with Crippen molar-refractivity contribution in [3.05, 3.63) is 58.3 Å². The van der Waals surface area contributed by atoms with Crippen molar-refractivity contribution in [3.63, 3.8) is 0 Å². The molecule has 4 rings (SSSR count). The van der Waals surface area contributed by atoms with Crippen LogP contribution in [-0.2, 0) is 21.5 Å². The summed E-state index contributed by atoms with van der Waals surface area (Å²) in [5, 5.41) is 15.1. The summed E-state index contributed by atoms with van der Waals surface area (Å²) < 4.78 is 35.9. The molecule has 1 atom stereocenters. The molecule has 0 saturated carbocycles. The summed E-state index contributed by atoms with van der Waals surface area (Å²) in [5.41, 5.74) is 0.678. The highest BCUT2D eigenvalue weighted by molar-refractivity contribution is 7.85. The van der Waals surface area contributed by atoms with Gasteiger partial charge in [-0.3, -0.25) is 9.35 Å². The van der Waals surface area contributed by atoms with E-state index in [1.807, 2.05) is 29.5 Å². The second-order valence-corrected chi connectivity index (χ2v) is 9.57. The van der Waals surface area contributed by atoms with Crippen LogP contribution in [0.1, 0.15) is 16.9 Å². The van der Waals surface area contributed by atoms with Crippen LogP contribution in [0.3, 0.4) is 0 Å². The smallest absolute Gasteiger partial charge is 0.294 e. The lowest BCUT2D eigenvalue weighted by atomic mass is 10.1. The lowest BCUT2D eigenvalue weighted by Crippen LogP contribution is -2.35. The van der Waals surface area contributed by atoms with Gasteiger partial charge in [0.2, 0.25) is 5.91 Å². The molecular formula is C22H23N3O5S2. The largest absolute Gasteiger partial charge is 0.497 e. The van der Waals surface area contributed by atoms with Crippen molar-refractivity contribution in [2.24, 2.45) is 0 Å². The standard InChI is InChI=1S/C11H13N3OS.C11H10O4S/c1-13-10-2-3-14(11(10)15)6-9-4-8(5-12)7-16-9;1-15-10-4-2-8-3-5-11(16(12,13)14)7-9(8)6-10/h4,7,10,13H,2-3,6H2,1H3;2-7H,1H3,(H,12,13,14)/t10-;/m0./s1. The maximum Gasteiger partial charge on any atom is 0.294 e. The SMILES string of the molecule is CN[C@H]1CCN(Cc2cc(C#N)cs2)C1=O.COc1ccc2ccc(S(=O)(=O)O)cc2c1. The fourth-order valence-corrected chi connectivity index (χ4v) is 4.70. The zero-order valence-electron chi connectivity index (χ0n) is 17.6. The Morgan fingerprint density at radius 2 is 2.00 bits per heavy atom. The molecule has 168 valence electrons. The minimum atomic E-state index is -4.15. The maximum atomic E-state index is 11.8. The van der Waals surface area contributed by atoms with Gasteiger partial charge in [0.1, 0.15) is 11.8 Å². The highest BCUT2D eigenvalue weighted by Crippen LogP contribution is 2.23. The van der Waals surface area contributed by atoms with Gasteiger partial charge in [-0.25, -0.2) is 0 Å². The first-order valence-electron chi connectivity index (χ1n) is 9.74. The number of nitrogens with one attached hydrogen (secondary N) is 1. The number of fused-ring (bicyclic) bond motifs is 1. The van der Waals surface area contributed by atoms with Crippen LogP contribution < -0.4 is 10.1 Å². The van der Waals surface area contributed by atoms with E-state index in [4.69, 9.17) is 14.6 Å². The molecule has 0 aliphatic carbocycles. The Balaban J connectivity index is 0.000000181. The molecule has 1 aliphatic heterocycles. The van der Waals surface area contributed by atoms with Gasteiger partial charge < -0.3 is 15.0 Å². The highest BCUT2D eigenvalue weighted by Gasteiger charge is 2.30. The van der Waals surface area contributed by atoms with E-state index in [0.717, 1.165) is 23.2 Å². The first kappa shape index (κ1) is 23.7. The lowest BCUT2D eigenvalue weighted by molar-refractivity contribution is -0.129. The molecule has 1 aliphatic rings. The van der Waals surface area contributed by atoms with Crippen molar-refractivity contribution in [3.8, 4) is 11.8 Å². The number of hydrogen-bond acceptors (Lipinski definition) is 7. The molecule has 1 aromatic heterocycles. The van der Waals surface area contributed by atoms with Gasteiger partial charge in [0, 0.05) is 16.8 Å². The van der Waals surface area contributed by atoms with E-state index >= 15 is 0 Å². The molecule has 0 spiro atoms. The van der Waals surface area contributed by atoms with E-state index in [-0.39, 0.29) is 16.8 Å². The Morgan fingerprint density at radius 3 is 2.59 bits per heavy atom. The number of ether oxygens (including phenoxy) is 1. The molecule has 32 heavy (non-hydrogen) atoms. The summed E-state index contributed by atoms with van der Waals surface area (Å²) in [6, 6.07) is 13.7. The second kappa shape index (κ2) is 10.1. The first-order chi connectivity index (χ1) is 15.2. The van der Waals surface area contributed by atoms with Gasteiger partial charge in [0.05, 0.1) is 30.2 Å². The number of amides is 1. The van der Waals surface area contributed by atoms with Crippen LogP contribution in [0.4, 0.5) is 0 Å². The van der Waals surface area contributed by atoms with Crippen LogP contribution in [0.5, 0.6) is 5.75 Å². The molecule has 0 bridgehead atoms. The molecule has 0 radical (unpaired) electrons. The van der Waals surface area contributed by atoms with Gasteiger partial charge in [-0.05, 0) is 54.6 Å². The van der Waals surface area contributed by atoms with Gasteiger partial charge in [0.15, 0.2) is 0 Å². The average molecular weight is 474 g/mol. The molecule has 8 nitrogen and oxygen atoms in total. The number of nitrogens with zero attached hydrogens (tertiary/aromatic N) is 2. The van der Waals surface area contributed by atoms with Crippen LogP contribution in [0.25, 0.3) is 10.8 Å². The number of benzene rings is 2. The third kappa shape index (κ3) is 5.63. The van der Waals surface area contributed by atoms with Gasteiger partial charge in [-0.1, -0.05) is 12.1 Å². The zero-order chi connectivity index (χ0) is 23.3. The summed E-state index contributed by atoms with van der Waals surface area (Å²) in [7, 11) is -0.809. The number of carbonyl (C=O) groups is 1. The quantitative estimate of drug-likeness (QED) is 0.547. The Morgan fingerprint density at radius 1 is 1.25 bits per heavy atom. The molecule has 2 N–H and O–H groups in total. The number of methoxy groups -OCH3 is 1. The molecule has 10 heteroatoms. The van der Waals surface area contributed by atoms with Crippen LogP contribution in [0, 0.1) is 11.3 Å². The number of carbonyl (C=O) groups excluding carboxylic acids is 1. The minimum absolute atomic E-state index is 0.0320. The number of nitriles is 1. The van der Waals surface area contributed by atoms with Gasteiger partial charge in [-0.15, -0.1) is 11.3 Å².